The Balaban J connectivity index is 1.32. The Bertz CT molecular complexity index is 1170. The number of rotatable bonds is 6. The van der Waals surface area contributed by atoms with E-state index in [0.29, 0.717) is 12.8 Å². The summed E-state index contributed by atoms with van der Waals surface area (Å²) < 4.78 is 5.10. The molecule has 2 aromatic rings. The number of ether oxygens (including phenoxy) is 1. The van der Waals surface area contributed by atoms with Gasteiger partial charge < -0.3 is 15.4 Å². The van der Waals surface area contributed by atoms with Gasteiger partial charge in [0.25, 0.3) is 11.8 Å². The van der Waals surface area contributed by atoms with Crippen molar-refractivity contribution in [1.82, 2.24) is 15.5 Å². The average molecular weight is 480 g/mol. The summed E-state index contributed by atoms with van der Waals surface area (Å²) in [5.74, 6) is -1.40. The van der Waals surface area contributed by atoms with E-state index in [2.05, 4.69) is 31.4 Å². The number of nitrogens with zero attached hydrogens (tertiary/aromatic N) is 1. The van der Waals surface area contributed by atoms with Crippen LogP contribution in [0.25, 0.3) is 10.8 Å². The van der Waals surface area contributed by atoms with Crippen molar-refractivity contribution in [3.63, 3.8) is 0 Å². The monoisotopic (exact) mass is 479 g/mol. The Kier molecular flexibility index (Phi) is 6.58. The fourth-order valence-electron chi connectivity index (χ4n) is 5.96. The lowest BCUT2D eigenvalue weighted by atomic mass is 9.64. The summed E-state index contributed by atoms with van der Waals surface area (Å²) >= 11 is 0. The molecule has 1 heterocycles. The van der Waals surface area contributed by atoms with Gasteiger partial charge in [0.05, 0.1) is 6.04 Å². The molecule has 0 radical (unpaired) electrons. The van der Waals surface area contributed by atoms with Gasteiger partial charge in [0.15, 0.2) is 6.61 Å². The predicted octanol–water partition coefficient (Wildman–Crippen LogP) is 3.70. The molecule has 186 valence electrons. The molecule has 4 rings (SSSR count). The third kappa shape index (κ3) is 5.16. The fourth-order valence-corrected chi connectivity index (χ4v) is 5.96. The van der Waals surface area contributed by atoms with Gasteiger partial charge in [-0.1, -0.05) is 63.2 Å². The molecule has 35 heavy (non-hydrogen) atoms. The van der Waals surface area contributed by atoms with Gasteiger partial charge in [-0.2, -0.15) is 0 Å². The van der Waals surface area contributed by atoms with E-state index in [1.54, 1.807) is 0 Å². The second-order valence-corrected chi connectivity index (χ2v) is 10.8. The van der Waals surface area contributed by atoms with Crippen molar-refractivity contribution in [3.05, 3.63) is 48.0 Å². The van der Waals surface area contributed by atoms with Crippen LogP contribution < -0.4 is 10.6 Å². The molecule has 1 saturated heterocycles. The average Bonchev–Trinajstić information content (AvgIpc) is 2.98. The molecule has 8 nitrogen and oxygen atoms in total. The molecular weight excluding hydrogens is 446 g/mol. The van der Waals surface area contributed by atoms with E-state index in [4.69, 9.17) is 4.74 Å². The summed E-state index contributed by atoms with van der Waals surface area (Å²) in [5.41, 5.74) is -0.128. The Morgan fingerprint density at radius 1 is 1.14 bits per heavy atom. The van der Waals surface area contributed by atoms with Crippen LogP contribution in [0.4, 0.5) is 4.79 Å². The van der Waals surface area contributed by atoms with Crippen LogP contribution in [0.2, 0.25) is 0 Å². The Labute approximate surface area is 205 Å². The Hall–Kier alpha value is -3.42. The SMILES string of the molecule is CC1CC(C)(C)CC2(C1)NC(=O)N(CC(=O)OCC(=O)NC(C)c1cccc3ccccc13)C2=O. The highest BCUT2D eigenvalue weighted by atomic mass is 16.5. The third-order valence-corrected chi connectivity index (χ3v) is 6.94. The molecule has 2 N–H and O–H groups in total. The molecule has 2 aliphatic rings. The molecule has 0 aromatic heterocycles. The number of carbonyl (C=O) groups is 4. The smallest absolute Gasteiger partial charge is 0.326 e. The second-order valence-electron chi connectivity index (χ2n) is 10.8. The predicted molar refractivity (Wildman–Crippen MR) is 131 cm³/mol. The van der Waals surface area contributed by atoms with Crippen LogP contribution in [0.15, 0.2) is 42.5 Å². The number of benzene rings is 2. The van der Waals surface area contributed by atoms with Crippen LogP contribution in [-0.4, -0.2) is 47.4 Å². The normalized spacial score (nSPS) is 24.3. The van der Waals surface area contributed by atoms with Crippen molar-refractivity contribution in [1.29, 1.82) is 0 Å². The first kappa shape index (κ1) is 24.7. The minimum atomic E-state index is -0.982. The molecule has 1 saturated carbocycles. The zero-order valence-corrected chi connectivity index (χ0v) is 20.7. The van der Waals surface area contributed by atoms with Gasteiger partial charge in [0.2, 0.25) is 0 Å². The maximum absolute atomic E-state index is 13.2. The number of nitrogens with one attached hydrogen (secondary N) is 2. The number of esters is 1. The lowest BCUT2D eigenvalue weighted by Gasteiger charge is -2.43. The third-order valence-electron chi connectivity index (χ3n) is 6.94. The Morgan fingerprint density at radius 3 is 2.60 bits per heavy atom. The highest BCUT2D eigenvalue weighted by Crippen LogP contribution is 2.46. The molecule has 3 atom stereocenters. The summed E-state index contributed by atoms with van der Waals surface area (Å²) in [6.45, 7) is 7.08. The van der Waals surface area contributed by atoms with E-state index in [0.717, 1.165) is 27.7 Å². The van der Waals surface area contributed by atoms with Crippen LogP contribution in [0.5, 0.6) is 0 Å². The van der Waals surface area contributed by atoms with Crippen LogP contribution >= 0.6 is 0 Å². The summed E-state index contributed by atoms with van der Waals surface area (Å²) in [7, 11) is 0. The first-order valence-corrected chi connectivity index (χ1v) is 12.1. The number of urea groups is 1. The quantitative estimate of drug-likeness (QED) is 0.486. The van der Waals surface area contributed by atoms with Crippen molar-refractivity contribution in [3.8, 4) is 0 Å². The minimum Gasteiger partial charge on any atom is -0.454 e. The van der Waals surface area contributed by atoms with Gasteiger partial charge in [-0.25, -0.2) is 4.79 Å². The summed E-state index contributed by atoms with van der Waals surface area (Å²) in [6, 6.07) is 12.9. The number of hydrogen-bond donors (Lipinski definition) is 2. The maximum Gasteiger partial charge on any atom is 0.326 e. The van der Waals surface area contributed by atoms with Crippen LogP contribution in [0.3, 0.4) is 0 Å². The van der Waals surface area contributed by atoms with Crippen LogP contribution in [0.1, 0.15) is 58.6 Å². The zero-order chi connectivity index (χ0) is 25.4. The number of fused-ring (bicyclic) bond motifs is 1. The summed E-state index contributed by atoms with van der Waals surface area (Å²) in [5, 5.41) is 7.78. The lowest BCUT2D eigenvalue weighted by Crippen LogP contribution is -2.54. The first-order valence-electron chi connectivity index (χ1n) is 12.1. The van der Waals surface area contributed by atoms with Gasteiger partial charge in [-0.05, 0) is 53.9 Å². The van der Waals surface area contributed by atoms with Gasteiger partial charge >= 0.3 is 12.0 Å². The van der Waals surface area contributed by atoms with Crippen LogP contribution in [-0.2, 0) is 19.1 Å². The molecular formula is C27H33N3O5. The molecule has 8 heteroatoms. The van der Waals surface area contributed by atoms with Crippen molar-refractivity contribution < 1.29 is 23.9 Å². The van der Waals surface area contributed by atoms with Gasteiger partial charge in [0, 0.05) is 0 Å². The molecule has 3 unspecified atom stereocenters. The highest BCUT2D eigenvalue weighted by Gasteiger charge is 2.56. The van der Waals surface area contributed by atoms with E-state index in [1.807, 2.05) is 49.4 Å². The maximum atomic E-state index is 13.2. The second kappa shape index (κ2) is 9.32. The van der Waals surface area contributed by atoms with Crippen molar-refractivity contribution in [2.45, 2.75) is 58.5 Å². The summed E-state index contributed by atoms with van der Waals surface area (Å²) in [4.78, 5) is 51.5. The van der Waals surface area contributed by atoms with E-state index in [1.165, 1.54) is 0 Å². The van der Waals surface area contributed by atoms with Gasteiger partial charge in [-0.3, -0.25) is 19.3 Å². The van der Waals surface area contributed by atoms with Crippen molar-refractivity contribution >= 4 is 34.6 Å². The number of hydrogen-bond acceptors (Lipinski definition) is 5. The fraction of sp³-hybridized carbons (Fsp3) is 0.481. The molecule has 2 aromatic carbocycles. The lowest BCUT2D eigenvalue weighted by molar-refractivity contribution is -0.151. The molecule has 1 aliphatic heterocycles. The number of amides is 4. The summed E-state index contributed by atoms with van der Waals surface area (Å²) in [6.07, 6.45) is 2.03. The van der Waals surface area contributed by atoms with E-state index >= 15 is 0 Å². The molecule has 0 bridgehead atoms. The Morgan fingerprint density at radius 2 is 1.86 bits per heavy atom. The molecule has 4 amide bonds. The highest BCUT2D eigenvalue weighted by molar-refractivity contribution is 6.08. The van der Waals surface area contributed by atoms with Gasteiger partial charge in [0.1, 0.15) is 12.1 Å². The van der Waals surface area contributed by atoms with Crippen molar-refractivity contribution in [2.75, 3.05) is 13.2 Å². The van der Waals surface area contributed by atoms with Crippen LogP contribution in [0, 0.1) is 11.3 Å². The first-order chi connectivity index (χ1) is 16.5. The molecule has 2 fully saturated rings. The largest absolute Gasteiger partial charge is 0.454 e. The van der Waals surface area contributed by atoms with E-state index < -0.39 is 42.5 Å². The van der Waals surface area contributed by atoms with E-state index in [-0.39, 0.29) is 17.4 Å². The number of imide groups is 1. The minimum absolute atomic E-state index is 0.101. The van der Waals surface area contributed by atoms with E-state index in [9.17, 15) is 19.2 Å². The molecule has 1 spiro atoms. The zero-order valence-electron chi connectivity index (χ0n) is 20.7. The number of carbonyl (C=O) groups excluding carboxylic acids is 4. The van der Waals surface area contributed by atoms with Gasteiger partial charge in [-0.15, -0.1) is 0 Å². The molecule has 1 aliphatic carbocycles. The topological polar surface area (TPSA) is 105 Å². The standard InChI is InChI=1S/C27H33N3O5/c1-17-12-26(3,4)16-27(13-17)24(33)30(25(34)29-27)14-23(32)35-15-22(31)28-18(2)20-11-7-9-19-8-5-6-10-21(19)20/h5-11,17-18H,12-16H2,1-4H3,(H,28,31)(H,29,34). The van der Waals surface area contributed by atoms with Crippen molar-refractivity contribution in [2.24, 2.45) is 11.3 Å².